The van der Waals surface area contributed by atoms with Crippen molar-refractivity contribution in [3.05, 3.63) is 69.8 Å². The number of para-hydroxylation sites is 2. The predicted molar refractivity (Wildman–Crippen MR) is 82.0 cm³/mol. The molecule has 0 aromatic heterocycles. The van der Waals surface area contributed by atoms with Crippen LogP contribution in [0.25, 0.3) is 0 Å². The number of benzene rings is 2. The number of nitro groups is 1. The Morgan fingerprint density at radius 2 is 1.82 bits per heavy atom. The molecule has 0 bridgehead atoms. The standard InChI is InChI=1S/C16H16N2O4/c1-11(12-7-4-6-10-15(12)22-2)17-16(19)13-8-3-5-9-14(13)18(20)21/h3-11H,1-2H3,(H,17,19). The lowest BCUT2D eigenvalue weighted by atomic mass is 10.1. The van der Waals surface area contributed by atoms with Gasteiger partial charge in [-0.3, -0.25) is 14.9 Å². The summed E-state index contributed by atoms with van der Waals surface area (Å²) in [5, 5.41) is 13.7. The van der Waals surface area contributed by atoms with Crippen molar-refractivity contribution in [2.75, 3.05) is 7.11 Å². The molecule has 2 aromatic carbocycles. The maximum absolute atomic E-state index is 12.3. The first kappa shape index (κ1) is 15.5. The van der Waals surface area contributed by atoms with E-state index < -0.39 is 10.8 Å². The first-order valence-electron chi connectivity index (χ1n) is 6.71. The monoisotopic (exact) mass is 300 g/mol. The van der Waals surface area contributed by atoms with Crippen molar-refractivity contribution in [2.24, 2.45) is 0 Å². The number of nitrogens with zero attached hydrogens (tertiary/aromatic N) is 1. The van der Waals surface area contributed by atoms with Crippen LogP contribution in [0.1, 0.15) is 28.9 Å². The number of hydrogen-bond acceptors (Lipinski definition) is 4. The van der Waals surface area contributed by atoms with Crippen LogP contribution in [0, 0.1) is 10.1 Å². The van der Waals surface area contributed by atoms with Gasteiger partial charge in [0.2, 0.25) is 0 Å². The number of ether oxygens (including phenoxy) is 1. The maximum atomic E-state index is 12.3. The number of methoxy groups -OCH3 is 1. The summed E-state index contributed by atoms with van der Waals surface area (Å²) in [6.07, 6.45) is 0. The summed E-state index contributed by atoms with van der Waals surface area (Å²) < 4.78 is 5.26. The SMILES string of the molecule is COc1ccccc1C(C)NC(=O)c1ccccc1[N+](=O)[O-]. The number of amides is 1. The molecule has 0 fully saturated rings. The number of nitro benzene ring substituents is 1. The van der Waals surface area contributed by atoms with E-state index >= 15 is 0 Å². The van der Waals surface area contributed by atoms with Crippen LogP contribution in [0.4, 0.5) is 5.69 Å². The Kier molecular flexibility index (Phi) is 4.73. The fourth-order valence-electron chi connectivity index (χ4n) is 2.20. The summed E-state index contributed by atoms with van der Waals surface area (Å²) in [7, 11) is 1.55. The third-order valence-corrected chi connectivity index (χ3v) is 3.30. The lowest BCUT2D eigenvalue weighted by Gasteiger charge is -2.17. The zero-order chi connectivity index (χ0) is 16.1. The molecule has 0 aliphatic carbocycles. The third-order valence-electron chi connectivity index (χ3n) is 3.30. The van der Waals surface area contributed by atoms with Crippen LogP contribution in [0.2, 0.25) is 0 Å². The summed E-state index contributed by atoms with van der Waals surface area (Å²) in [6.45, 7) is 1.80. The van der Waals surface area contributed by atoms with E-state index in [-0.39, 0.29) is 17.3 Å². The lowest BCUT2D eigenvalue weighted by molar-refractivity contribution is -0.385. The highest BCUT2D eigenvalue weighted by Crippen LogP contribution is 2.25. The van der Waals surface area contributed by atoms with Crippen molar-refractivity contribution >= 4 is 11.6 Å². The molecule has 22 heavy (non-hydrogen) atoms. The van der Waals surface area contributed by atoms with Gasteiger partial charge >= 0.3 is 0 Å². The average molecular weight is 300 g/mol. The van der Waals surface area contributed by atoms with Crippen LogP contribution in [0.15, 0.2) is 48.5 Å². The van der Waals surface area contributed by atoms with Crippen molar-refractivity contribution in [3.63, 3.8) is 0 Å². The summed E-state index contributed by atoms with van der Waals surface area (Å²) >= 11 is 0. The first-order valence-corrected chi connectivity index (χ1v) is 6.71. The third kappa shape index (κ3) is 3.22. The second kappa shape index (κ2) is 6.71. The Hall–Kier alpha value is -2.89. The van der Waals surface area contributed by atoms with Gasteiger partial charge in [0.25, 0.3) is 11.6 Å². The number of carbonyl (C=O) groups excluding carboxylic acids is 1. The van der Waals surface area contributed by atoms with Gasteiger partial charge in [0, 0.05) is 11.6 Å². The molecule has 1 amide bonds. The predicted octanol–water partition coefficient (Wildman–Crippen LogP) is 3.09. The van der Waals surface area contributed by atoms with Gasteiger partial charge in [0.15, 0.2) is 0 Å². The van der Waals surface area contributed by atoms with Gasteiger partial charge in [-0.25, -0.2) is 0 Å². The zero-order valence-corrected chi connectivity index (χ0v) is 12.3. The number of rotatable bonds is 5. The minimum atomic E-state index is -0.567. The van der Waals surface area contributed by atoms with Crippen LogP contribution in [-0.4, -0.2) is 17.9 Å². The lowest BCUT2D eigenvalue weighted by Crippen LogP contribution is -2.27. The molecular weight excluding hydrogens is 284 g/mol. The van der Waals surface area contributed by atoms with Gasteiger partial charge in [-0.1, -0.05) is 30.3 Å². The average Bonchev–Trinajstić information content (AvgIpc) is 2.54. The minimum absolute atomic E-state index is 0.0363. The second-order valence-electron chi connectivity index (χ2n) is 4.71. The highest BCUT2D eigenvalue weighted by Gasteiger charge is 2.21. The van der Waals surface area contributed by atoms with Crippen molar-refractivity contribution in [1.29, 1.82) is 0 Å². The Balaban J connectivity index is 2.24. The minimum Gasteiger partial charge on any atom is -0.496 e. The van der Waals surface area contributed by atoms with E-state index in [4.69, 9.17) is 4.74 Å². The highest BCUT2D eigenvalue weighted by molar-refractivity contribution is 5.98. The molecule has 114 valence electrons. The zero-order valence-electron chi connectivity index (χ0n) is 12.3. The van der Waals surface area contributed by atoms with Gasteiger partial charge in [0.1, 0.15) is 11.3 Å². The number of carbonyl (C=O) groups is 1. The fourth-order valence-corrected chi connectivity index (χ4v) is 2.20. The fraction of sp³-hybridized carbons (Fsp3) is 0.188. The van der Waals surface area contributed by atoms with Crippen molar-refractivity contribution in [2.45, 2.75) is 13.0 Å². The molecule has 2 rings (SSSR count). The van der Waals surface area contributed by atoms with E-state index in [9.17, 15) is 14.9 Å². The first-order chi connectivity index (χ1) is 10.5. The Morgan fingerprint density at radius 1 is 1.18 bits per heavy atom. The largest absolute Gasteiger partial charge is 0.496 e. The van der Waals surface area contributed by atoms with Gasteiger partial charge in [-0.2, -0.15) is 0 Å². The quantitative estimate of drug-likeness (QED) is 0.679. The molecular formula is C16H16N2O4. The smallest absolute Gasteiger partial charge is 0.282 e. The van der Waals surface area contributed by atoms with E-state index in [1.54, 1.807) is 26.2 Å². The van der Waals surface area contributed by atoms with Gasteiger partial charge in [-0.15, -0.1) is 0 Å². The van der Waals surface area contributed by atoms with Gasteiger partial charge < -0.3 is 10.1 Å². The van der Waals surface area contributed by atoms with Crippen LogP contribution in [-0.2, 0) is 0 Å². The van der Waals surface area contributed by atoms with Gasteiger partial charge in [0.05, 0.1) is 18.1 Å². The summed E-state index contributed by atoms with van der Waals surface area (Å²) in [5.41, 5.74) is 0.624. The molecule has 0 heterocycles. The molecule has 6 nitrogen and oxygen atoms in total. The van der Waals surface area contributed by atoms with E-state index in [2.05, 4.69) is 5.32 Å². The molecule has 0 spiro atoms. The number of nitrogens with one attached hydrogen (secondary N) is 1. The van der Waals surface area contributed by atoms with Crippen LogP contribution in [0.3, 0.4) is 0 Å². The summed E-state index contributed by atoms with van der Waals surface area (Å²) in [5.74, 6) is 0.156. The molecule has 1 N–H and O–H groups in total. The Morgan fingerprint density at radius 3 is 2.50 bits per heavy atom. The molecule has 6 heteroatoms. The Labute approximate surface area is 127 Å². The highest BCUT2D eigenvalue weighted by atomic mass is 16.6. The molecule has 1 unspecified atom stereocenters. The molecule has 2 aromatic rings. The van der Waals surface area contributed by atoms with Crippen molar-refractivity contribution in [1.82, 2.24) is 5.32 Å². The van der Waals surface area contributed by atoms with E-state index in [1.807, 2.05) is 18.2 Å². The van der Waals surface area contributed by atoms with Crippen LogP contribution in [0.5, 0.6) is 5.75 Å². The van der Waals surface area contributed by atoms with E-state index in [0.717, 1.165) is 5.56 Å². The number of hydrogen-bond donors (Lipinski definition) is 1. The molecule has 0 aliphatic heterocycles. The molecule has 0 aliphatic rings. The molecule has 0 saturated heterocycles. The molecule has 0 radical (unpaired) electrons. The molecule has 0 saturated carbocycles. The topological polar surface area (TPSA) is 81.5 Å². The van der Waals surface area contributed by atoms with Crippen LogP contribution >= 0.6 is 0 Å². The Bertz CT molecular complexity index is 700. The second-order valence-corrected chi connectivity index (χ2v) is 4.71. The normalized spacial score (nSPS) is 11.5. The summed E-state index contributed by atoms with van der Waals surface area (Å²) in [6, 6.07) is 12.8. The molecule has 1 atom stereocenters. The van der Waals surface area contributed by atoms with E-state index in [0.29, 0.717) is 5.75 Å². The maximum Gasteiger partial charge on any atom is 0.282 e. The summed E-state index contributed by atoms with van der Waals surface area (Å²) in [4.78, 5) is 22.7. The van der Waals surface area contributed by atoms with E-state index in [1.165, 1.54) is 18.2 Å². The van der Waals surface area contributed by atoms with Crippen LogP contribution < -0.4 is 10.1 Å². The van der Waals surface area contributed by atoms with Gasteiger partial charge in [-0.05, 0) is 19.1 Å². The van der Waals surface area contributed by atoms with Crippen molar-refractivity contribution in [3.8, 4) is 5.75 Å². The van der Waals surface area contributed by atoms with Crippen molar-refractivity contribution < 1.29 is 14.5 Å².